The highest BCUT2D eigenvalue weighted by atomic mass is 35.5. The van der Waals surface area contributed by atoms with Gasteiger partial charge in [-0.05, 0) is 24.3 Å². The fourth-order valence-electron chi connectivity index (χ4n) is 1.81. The summed E-state index contributed by atoms with van der Waals surface area (Å²) in [4.78, 5) is 11.6. The van der Waals surface area contributed by atoms with Crippen molar-refractivity contribution in [2.24, 2.45) is 5.73 Å². The normalized spacial score (nSPS) is 10.2. The molecule has 0 fully saturated rings. The van der Waals surface area contributed by atoms with Crippen molar-refractivity contribution >= 4 is 40.5 Å². The summed E-state index contributed by atoms with van der Waals surface area (Å²) in [6.07, 6.45) is 0. The maximum absolute atomic E-state index is 11.6. The van der Waals surface area contributed by atoms with Crippen LogP contribution in [0.3, 0.4) is 0 Å². The van der Waals surface area contributed by atoms with Crippen molar-refractivity contribution in [3.05, 3.63) is 52.0 Å². The summed E-state index contributed by atoms with van der Waals surface area (Å²) in [6.45, 7) is 0. The molecule has 0 aromatic heterocycles. The number of benzene rings is 2. The summed E-state index contributed by atoms with van der Waals surface area (Å²) in [7, 11) is 1.47. The van der Waals surface area contributed by atoms with Crippen LogP contribution in [0, 0.1) is 0 Å². The Balaban J connectivity index is 2.51. The summed E-state index contributed by atoms with van der Waals surface area (Å²) in [6, 6.07) is 10.2. The zero-order valence-corrected chi connectivity index (χ0v) is 12.1. The number of anilines is 2. The first-order valence-electron chi connectivity index (χ1n) is 5.72. The second-order valence-corrected chi connectivity index (χ2v) is 4.78. The number of rotatable bonds is 4. The van der Waals surface area contributed by atoms with E-state index in [-0.39, 0.29) is 5.56 Å². The summed E-state index contributed by atoms with van der Waals surface area (Å²) >= 11 is 12.2. The second kappa shape index (κ2) is 6.03. The van der Waals surface area contributed by atoms with Crippen molar-refractivity contribution in [2.45, 2.75) is 0 Å². The van der Waals surface area contributed by atoms with E-state index in [1.54, 1.807) is 36.4 Å². The minimum atomic E-state index is -0.604. The average molecular weight is 311 g/mol. The lowest BCUT2D eigenvalue weighted by Gasteiger charge is -2.15. The number of hydrogen-bond acceptors (Lipinski definition) is 3. The molecule has 0 radical (unpaired) electrons. The molecule has 0 aliphatic rings. The molecular weight excluding hydrogens is 299 g/mol. The zero-order valence-electron chi connectivity index (χ0n) is 10.6. The van der Waals surface area contributed by atoms with E-state index in [2.05, 4.69) is 5.32 Å². The van der Waals surface area contributed by atoms with Crippen molar-refractivity contribution in [3.8, 4) is 5.75 Å². The summed E-state index contributed by atoms with van der Waals surface area (Å²) in [5.74, 6) is -0.223. The standard InChI is InChI=1S/C14H12Cl2N2O2/c1-20-11-7-3-6-10(12(11)14(17)19)18-13-8(15)4-2-5-9(13)16/h2-7,18H,1H3,(H2,17,19). The molecule has 3 N–H and O–H groups in total. The topological polar surface area (TPSA) is 64.3 Å². The smallest absolute Gasteiger partial charge is 0.254 e. The Kier molecular flexibility index (Phi) is 4.37. The molecule has 0 aliphatic heterocycles. The Labute approximate surface area is 126 Å². The molecule has 2 rings (SSSR count). The van der Waals surface area contributed by atoms with Gasteiger partial charge >= 0.3 is 0 Å². The minimum Gasteiger partial charge on any atom is -0.496 e. The van der Waals surface area contributed by atoms with Crippen LogP contribution in [0.1, 0.15) is 10.4 Å². The molecule has 6 heteroatoms. The molecule has 4 nitrogen and oxygen atoms in total. The number of amides is 1. The molecule has 0 saturated heterocycles. The lowest BCUT2D eigenvalue weighted by Crippen LogP contribution is -2.15. The van der Waals surface area contributed by atoms with Gasteiger partial charge in [0, 0.05) is 0 Å². The van der Waals surface area contributed by atoms with Crippen molar-refractivity contribution in [3.63, 3.8) is 0 Å². The highest BCUT2D eigenvalue weighted by Gasteiger charge is 2.16. The number of para-hydroxylation sites is 1. The van der Waals surface area contributed by atoms with Gasteiger partial charge in [-0.25, -0.2) is 0 Å². The Morgan fingerprint density at radius 1 is 1.15 bits per heavy atom. The van der Waals surface area contributed by atoms with Gasteiger partial charge in [-0.3, -0.25) is 4.79 Å². The van der Waals surface area contributed by atoms with E-state index in [1.807, 2.05) is 0 Å². The number of ether oxygens (including phenoxy) is 1. The van der Waals surface area contributed by atoms with Crippen LogP contribution in [-0.2, 0) is 0 Å². The van der Waals surface area contributed by atoms with E-state index < -0.39 is 5.91 Å². The first-order valence-corrected chi connectivity index (χ1v) is 6.48. The Bertz CT molecular complexity index is 639. The molecule has 0 bridgehead atoms. The Morgan fingerprint density at radius 2 is 1.75 bits per heavy atom. The highest BCUT2D eigenvalue weighted by molar-refractivity contribution is 6.39. The molecule has 20 heavy (non-hydrogen) atoms. The third-order valence-corrected chi connectivity index (χ3v) is 3.34. The van der Waals surface area contributed by atoms with Crippen molar-refractivity contribution in [1.82, 2.24) is 0 Å². The fourth-order valence-corrected chi connectivity index (χ4v) is 2.30. The lowest BCUT2D eigenvalue weighted by molar-refractivity contribution is 0.0998. The van der Waals surface area contributed by atoms with Gasteiger partial charge in [0.1, 0.15) is 11.3 Å². The van der Waals surface area contributed by atoms with Gasteiger partial charge in [-0.15, -0.1) is 0 Å². The number of carbonyl (C=O) groups is 1. The van der Waals surface area contributed by atoms with E-state index in [9.17, 15) is 4.79 Å². The molecule has 0 unspecified atom stereocenters. The summed E-state index contributed by atoms with van der Waals surface area (Å²) in [5, 5.41) is 3.90. The van der Waals surface area contributed by atoms with Crippen LogP contribution in [0.15, 0.2) is 36.4 Å². The van der Waals surface area contributed by atoms with Gasteiger partial charge in [0.05, 0.1) is 28.5 Å². The number of nitrogens with two attached hydrogens (primary N) is 1. The number of nitrogens with one attached hydrogen (secondary N) is 1. The van der Waals surface area contributed by atoms with Gasteiger partial charge < -0.3 is 15.8 Å². The minimum absolute atomic E-state index is 0.242. The molecule has 0 heterocycles. The van der Waals surface area contributed by atoms with E-state index in [0.29, 0.717) is 27.2 Å². The van der Waals surface area contributed by atoms with E-state index in [0.717, 1.165) is 0 Å². The maximum Gasteiger partial charge on any atom is 0.254 e. The molecule has 0 spiro atoms. The predicted octanol–water partition coefficient (Wildman–Crippen LogP) is 3.84. The number of halogens is 2. The van der Waals surface area contributed by atoms with E-state index >= 15 is 0 Å². The van der Waals surface area contributed by atoms with Gasteiger partial charge in [-0.1, -0.05) is 35.3 Å². The van der Waals surface area contributed by atoms with Crippen LogP contribution in [0.5, 0.6) is 5.75 Å². The van der Waals surface area contributed by atoms with Crippen LogP contribution >= 0.6 is 23.2 Å². The first-order chi connectivity index (χ1) is 9.54. The summed E-state index contributed by atoms with van der Waals surface area (Å²) in [5.41, 5.74) is 6.62. The van der Waals surface area contributed by atoms with Crippen LogP contribution in [-0.4, -0.2) is 13.0 Å². The highest BCUT2D eigenvalue weighted by Crippen LogP contribution is 2.35. The first kappa shape index (κ1) is 14.5. The van der Waals surface area contributed by atoms with E-state index in [4.69, 9.17) is 33.7 Å². The van der Waals surface area contributed by atoms with Gasteiger partial charge in [0.25, 0.3) is 5.91 Å². The predicted molar refractivity (Wildman–Crippen MR) is 81.3 cm³/mol. The zero-order chi connectivity index (χ0) is 14.7. The Hall–Kier alpha value is -1.91. The molecule has 0 atom stereocenters. The molecule has 104 valence electrons. The number of carbonyl (C=O) groups excluding carboxylic acids is 1. The lowest BCUT2D eigenvalue weighted by atomic mass is 10.1. The number of hydrogen-bond donors (Lipinski definition) is 2. The third-order valence-electron chi connectivity index (χ3n) is 2.71. The van der Waals surface area contributed by atoms with Crippen molar-refractivity contribution in [1.29, 1.82) is 0 Å². The second-order valence-electron chi connectivity index (χ2n) is 3.97. The van der Waals surface area contributed by atoms with Gasteiger partial charge in [-0.2, -0.15) is 0 Å². The summed E-state index contributed by atoms with van der Waals surface area (Å²) < 4.78 is 5.14. The molecule has 1 amide bonds. The monoisotopic (exact) mass is 310 g/mol. The molecule has 2 aromatic rings. The SMILES string of the molecule is COc1cccc(Nc2c(Cl)cccc2Cl)c1C(N)=O. The van der Waals surface area contributed by atoms with Crippen LogP contribution < -0.4 is 15.8 Å². The van der Waals surface area contributed by atoms with Crippen LogP contribution in [0.2, 0.25) is 10.0 Å². The van der Waals surface area contributed by atoms with Crippen molar-refractivity contribution in [2.75, 3.05) is 12.4 Å². The number of primary amides is 1. The third kappa shape index (κ3) is 2.81. The van der Waals surface area contributed by atoms with Gasteiger partial charge in [0.15, 0.2) is 0 Å². The molecule has 2 aromatic carbocycles. The Morgan fingerprint density at radius 3 is 2.30 bits per heavy atom. The van der Waals surface area contributed by atoms with Crippen molar-refractivity contribution < 1.29 is 9.53 Å². The number of methoxy groups -OCH3 is 1. The van der Waals surface area contributed by atoms with E-state index in [1.165, 1.54) is 7.11 Å². The molecule has 0 saturated carbocycles. The maximum atomic E-state index is 11.6. The van der Waals surface area contributed by atoms with Gasteiger partial charge in [0.2, 0.25) is 0 Å². The largest absolute Gasteiger partial charge is 0.496 e. The van der Waals surface area contributed by atoms with Crippen LogP contribution in [0.4, 0.5) is 11.4 Å². The quantitative estimate of drug-likeness (QED) is 0.901. The average Bonchev–Trinajstić information content (AvgIpc) is 2.42. The van der Waals surface area contributed by atoms with Crippen LogP contribution in [0.25, 0.3) is 0 Å². The molecule has 0 aliphatic carbocycles. The molecular formula is C14H12Cl2N2O2. The fraction of sp³-hybridized carbons (Fsp3) is 0.0714.